The molecule has 0 saturated heterocycles. The normalized spacial score (nSPS) is 11.6. The van der Waals surface area contributed by atoms with Crippen molar-refractivity contribution in [3.05, 3.63) is 26.9 Å². The summed E-state index contributed by atoms with van der Waals surface area (Å²) in [4.78, 5) is 14.2. The highest BCUT2D eigenvalue weighted by molar-refractivity contribution is 9.11. The van der Waals surface area contributed by atoms with E-state index < -0.39 is 16.0 Å². The van der Waals surface area contributed by atoms with Gasteiger partial charge in [-0.3, -0.25) is 0 Å². The molecule has 0 aromatic carbocycles. The highest BCUT2D eigenvalue weighted by Gasteiger charge is 2.23. The summed E-state index contributed by atoms with van der Waals surface area (Å²) in [5, 5.41) is 12.3. The van der Waals surface area contributed by atoms with E-state index in [2.05, 4.69) is 35.3 Å². The Balaban J connectivity index is 2.22. The van der Waals surface area contributed by atoms with Crippen molar-refractivity contribution in [2.45, 2.75) is 11.4 Å². The predicted octanol–water partition coefficient (Wildman–Crippen LogP) is 1.07. The molecule has 0 atom stereocenters. The van der Waals surface area contributed by atoms with Crippen molar-refractivity contribution in [1.29, 1.82) is 0 Å². The van der Waals surface area contributed by atoms with Crippen LogP contribution in [0, 0.1) is 0 Å². The molecule has 0 bridgehead atoms. The first-order valence-corrected chi connectivity index (χ1v) is 7.77. The number of aromatic carboxylic acids is 1. The lowest BCUT2D eigenvalue weighted by Crippen LogP contribution is -2.23. The number of hydrogen-bond acceptors (Lipinski definition) is 7. The summed E-state index contributed by atoms with van der Waals surface area (Å²) >= 11 is 3.85. The van der Waals surface area contributed by atoms with E-state index in [1.54, 1.807) is 0 Å². The second-order valence-corrected chi connectivity index (χ2v) is 7.33. The van der Waals surface area contributed by atoms with Crippen LogP contribution >= 0.6 is 27.3 Å². The van der Waals surface area contributed by atoms with Gasteiger partial charge >= 0.3 is 5.97 Å². The fourth-order valence-corrected chi connectivity index (χ4v) is 4.53. The summed E-state index contributed by atoms with van der Waals surface area (Å²) in [6.45, 7) is -0.149. The molecule has 19 heavy (non-hydrogen) atoms. The lowest BCUT2D eigenvalue weighted by Gasteiger charge is -2.02. The van der Waals surface area contributed by atoms with Gasteiger partial charge in [0, 0.05) is 0 Å². The smallest absolute Gasteiger partial charge is 0.345 e. The number of hydrogen-bond donors (Lipinski definition) is 2. The first-order chi connectivity index (χ1) is 8.90. The van der Waals surface area contributed by atoms with Crippen molar-refractivity contribution in [2.24, 2.45) is 0 Å². The van der Waals surface area contributed by atoms with E-state index in [4.69, 9.17) is 5.11 Å². The third-order valence-electron chi connectivity index (χ3n) is 1.98. The third-order valence-corrected chi connectivity index (χ3v) is 5.62. The molecule has 0 amide bonds. The number of carboxylic acids is 1. The van der Waals surface area contributed by atoms with E-state index in [1.807, 2.05) is 0 Å². The van der Waals surface area contributed by atoms with Gasteiger partial charge in [0.15, 0.2) is 5.82 Å². The molecule has 0 fully saturated rings. The Morgan fingerprint density at radius 1 is 1.58 bits per heavy atom. The zero-order valence-corrected chi connectivity index (χ0v) is 12.2. The van der Waals surface area contributed by atoms with E-state index in [1.165, 1.54) is 0 Å². The van der Waals surface area contributed by atoms with Crippen LogP contribution in [0.3, 0.4) is 0 Å². The SMILES string of the molecule is O=C(O)c1cc(S(=O)(=O)NCc2ncon2)c(Br)s1. The van der Waals surface area contributed by atoms with Crippen molar-refractivity contribution >= 4 is 43.3 Å². The summed E-state index contributed by atoms with van der Waals surface area (Å²) in [5.41, 5.74) is 0. The maximum Gasteiger partial charge on any atom is 0.345 e. The Hall–Kier alpha value is -1.30. The maximum absolute atomic E-state index is 12.0. The van der Waals surface area contributed by atoms with Crippen molar-refractivity contribution in [3.8, 4) is 0 Å². The van der Waals surface area contributed by atoms with Crippen LogP contribution in [0.15, 0.2) is 25.7 Å². The van der Waals surface area contributed by atoms with Crippen LogP contribution in [0.25, 0.3) is 0 Å². The molecule has 0 radical (unpaired) electrons. The first kappa shape index (κ1) is 14.1. The molecule has 11 heteroatoms. The molecule has 102 valence electrons. The van der Waals surface area contributed by atoms with Crippen molar-refractivity contribution in [1.82, 2.24) is 14.9 Å². The van der Waals surface area contributed by atoms with Gasteiger partial charge in [0.25, 0.3) is 0 Å². The summed E-state index contributed by atoms with van der Waals surface area (Å²) in [7, 11) is -3.85. The monoisotopic (exact) mass is 367 g/mol. The van der Waals surface area contributed by atoms with Crippen LogP contribution in [-0.2, 0) is 16.6 Å². The largest absolute Gasteiger partial charge is 0.477 e. The van der Waals surface area contributed by atoms with Gasteiger partial charge < -0.3 is 9.63 Å². The topological polar surface area (TPSA) is 122 Å². The second kappa shape index (κ2) is 5.36. The standard InChI is InChI=1S/C8H6BrN3O5S2/c9-7-5(1-4(18-7)8(13)14)19(15,16)11-2-6-10-3-17-12-6/h1,3,11H,2H2,(H,13,14). The Morgan fingerprint density at radius 2 is 2.32 bits per heavy atom. The molecule has 2 aromatic heterocycles. The molecule has 2 N–H and O–H groups in total. The first-order valence-electron chi connectivity index (χ1n) is 4.67. The number of carboxylic acid groups (broad SMARTS) is 1. The molecule has 2 heterocycles. The number of rotatable bonds is 5. The molecule has 0 saturated carbocycles. The Morgan fingerprint density at radius 3 is 2.84 bits per heavy atom. The van der Waals surface area contributed by atoms with E-state index in [0.717, 1.165) is 23.8 Å². The molecule has 0 aliphatic carbocycles. The number of thiophene rings is 1. The molecule has 0 aliphatic heterocycles. The van der Waals surface area contributed by atoms with E-state index in [9.17, 15) is 13.2 Å². The van der Waals surface area contributed by atoms with Gasteiger partial charge in [0.1, 0.15) is 9.77 Å². The summed E-state index contributed by atoms with van der Waals surface area (Å²) in [6.07, 6.45) is 1.08. The molecular weight excluding hydrogens is 362 g/mol. The quantitative estimate of drug-likeness (QED) is 0.809. The maximum atomic E-state index is 12.0. The van der Waals surface area contributed by atoms with Gasteiger partial charge in [-0.15, -0.1) is 11.3 Å². The van der Waals surface area contributed by atoms with E-state index in [0.29, 0.717) is 0 Å². The Kier molecular flexibility index (Phi) is 3.99. The highest BCUT2D eigenvalue weighted by atomic mass is 79.9. The molecule has 0 spiro atoms. The average Bonchev–Trinajstić information content (AvgIpc) is 2.95. The molecular formula is C8H6BrN3O5S2. The minimum absolute atomic E-state index is 0.0770. The fraction of sp³-hybridized carbons (Fsp3) is 0.125. The second-order valence-electron chi connectivity index (χ2n) is 3.23. The highest BCUT2D eigenvalue weighted by Crippen LogP contribution is 2.31. The van der Waals surface area contributed by atoms with Crippen LogP contribution in [0.1, 0.15) is 15.5 Å². The van der Waals surface area contributed by atoms with Gasteiger partial charge in [-0.2, -0.15) is 4.98 Å². The summed E-state index contributed by atoms with van der Waals surface area (Å²) in [5.74, 6) is -1.02. The molecule has 8 nitrogen and oxygen atoms in total. The third kappa shape index (κ3) is 3.18. The van der Waals surface area contributed by atoms with Gasteiger partial charge in [-0.05, 0) is 22.0 Å². The number of sulfonamides is 1. The van der Waals surface area contributed by atoms with Gasteiger partial charge in [0.05, 0.1) is 10.3 Å². The van der Waals surface area contributed by atoms with Crippen LogP contribution < -0.4 is 4.72 Å². The predicted molar refractivity (Wildman–Crippen MR) is 67.3 cm³/mol. The summed E-state index contributed by atoms with van der Waals surface area (Å²) in [6, 6.07) is 1.08. The molecule has 2 aromatic rings. The number of carbonyl (C=O) groups is 1. The summed E-state index contributed by atoms with van der Waals surface area (Å²) < 4.78 is 30.9. The number of nitrogens with one attached hydrogen (secondary N) is 1. The molecule has 2 rings (SSSR count). The number of aromatic nitrogens is 2. The zero-order valence-electron chi connectivity index (χ0n) is 9.03. The lowest BCUT2D eigenvalue weighted by molar-refractivity contribution is 0.0702. The van der Waals surface area contributed by atoms with E-state index in [-0.39, 0.29) is 25.9 Å². The van der Waals surface area contributed by atoms with E-state index >= 15 is 0 Å². The van der Waals surface area contributed by atoms with Crippen LogP contribution in [0.2, 0.25) is 0 Å². The average molecular weight is 368 g/mol. The van der Waals surface area contributed by atoms with Gasteiger partial charge in [0.2, 0.25) is 16.4 Å². The van der Waals surface area contributed by atoms with Crippen LogP contribution in [-0.4, -0.2) is 29.6 Å². The molecule has 0 aliphatic rings. The van der Waals surface area contributed by atoms with Crippen molar-refractivity contribution in [2.75, 3.05) is 0 Å². The van der Waals surface area contributed by atoms with Gasteiger partial charge in [-0.25, -0.2) is 17.9 Å². The lowest BCUT2D eigenvalue weighted by atomic mass is 10.5. The van der Waals surface area contributed by atoms with Gasteiger partial charge in [-0.1, -0.05) is 5.16 Å². The number of nitrogens with zero attached hydrogens (tertiary/aromatic N) is 2. The minimum Gasteiger partial charge on any atom is -0.477 e. The molecule has 0 unspecified atom stereocenters. The number of halogens is 1. The minimum atomic E-state index is -3.85. The van der Waals surface area contributed by atoms with Crippen LogP contribution in [0.4, 0.5) is 0 Å². The zero-order chi connectivity index (χ0) is 14.0. The van der Waals surface area contributed by atoms with Crippen molar-refractivity contribution in [3.63, 3.8) is 0 Å². The van der Waals surface area contributed by atoms with Crippen molar-refractivity contribution < 1.29 is 22.8 Å². The Labute approximate surface area is 119 Å². The Bertz CT molecular complexity index is 694. The fourth-order valence-electron chi connectivity index (χ4n) is 1.15. The van der Waals surface area contributed by atoms with Crippen LogP contribution in [0.5, 0.6) is 0 Å².